The summed E-state index contributed by atoms with van der Waals surface area (Å²) in [4.78, 5) is 32.6. The third-order valence-corrected chi connectivity index (χ3v) is 2.01. The molecule has 0 aromatic carbocycles. The van der Waals surface area contributed by atoms with Crippen LogP contribution in [0.1, 0.15) is 33.1 Å². The van der Waals surface area contributed by atoms with Gasteiger partial charge in [-0.1, -0.05) is 6.92 Å². The number of carbonyl (C=O) groups excluding carboxylic acids is 2. The van der Waals surface area contributed by atoms with Crippen molar-refractivity contribution in [3.8, 4) is 0 Å². The molecule has 1 unspecified atom stereocenters. The first-order chi connectivity index (χ1) is 7.95. The molecule has 6 nitrogen and oxygen atoms in total. The highest BCUT2D eigenvalue weighted by Gasteiger charge is 2.12. The molecular formula is C11H19NO5. The number of rotatable bonds is 8. The predicted molar refractivity (Wildman–Crippen MR) is 60.3 cm³/mol. The molecule has 6 heteroatoms. The van der Waals surface area contributed by atoms with Gasteiger partial charge in [0.2, 0.25) is 5.91 Å². The minimum Gasteiger partial charge on any atom is -0.481 e. The molecule has 0 saturated heterocycles. The van der Waals surface area contributed by atoms with Gasteiger partial charge in [0, 0.05) is 19.4 Å². The first-order valence-electron chi connectivity index (χ1n) is 5.59. The molecule has 1 atom stereocenters. The fourth-order valence-electron chi connectivity index (χ4n) is 1.30. The highest BCUT2D eigenvalue weighted by molar-refractivity contribution is 5.78. The Morgan fingerprint density at radius 3 is 2.47 bits per heavy atom. The van der Waals surface area contributed by atoms with Crippen LogP contribution in [0.25, 0.3) is 0 Å². The Morgan fingerprint density at radius 1 is 1.29 bits per heavy atom. The fraction of sp³-hybridized carbons (Fsp3) is 0.727. The molecule has 0 rings (SSSR count). The Labute approximate surface area is 100 Å². The van der Waals surface area contributed by atoms with Crippen LogP contribution in [0.3, 0.4) is 0 Å². The summed E-state index contributed by atoms with van der Waals surface area (Å²) in [5.41, 5.74) is 0. The third-order valence-electron chi connectivity index (χ3n) is 2.01. The first-order valence-corrected chi connectivity index (χ1v) is 5.59. The summed E-state index contributed by atoms with van der Waals surface area (Å²) in [6.07, 6.45) is 0.243. The van der Waals surface area contributed by atoms with Gasteiger partial charge >= 0.3 is 11.9 Å². The number of hydrogen-bond donors (Lipinski definition) is 2. The Morgan fingerprint density at radius 2 is 1.94 bits per heavy atom. The van der Waals surface area contributed by atoms with Crippen molar-refractivity contribution in [2.45, 2.75) is 33.1 Å². The van der Waals surface area contributed by atoms with Crippen LogP contribution in [0.2, 0.25) is 0 Å². The number of amides is 1. The van der Waals surface area contributed by atoms with E-state index in [1.54, 1.807) is 13.8 Å². The molecule has 2 N–H and O–H groups in total. The average Bonchev–Trinajstić information content (AvgIpc) is 2.16. The molecule has 0 aliphatic rings. The van der Waals surface area contributed by atoms with Crippen molar-refractivity contribution in [2.75, 3.05) is 13.2 Å². The topological polar surface area (TPSA) is 92.7 Å². The second-order valence-electron chi connectivity index (χ2n) is 3.81. The van der Waals surface area contributed by atoms with Crippen molar-refractivity contribution in [1.82, 2.24) is 5.32 Å². The zero-order valence-corrected chi connectivity index (χ0v) is 10.2. The van der Waals surface area contributed by atoms with E-state index < -0.39 is 5.97 Å². The van der Waals surface area contributed by atoms with Crippen LogP contribution in [-0.4, -0.2) is 36.1 Å². The van der Waals surface area contributed by atoms with Gasteiger partial charge in [-0.2, -0.15) is 0 Å². The lowest BCUT2D eigenvalue weighted by Crippen LogP contribution is -2.28. The van der Waals surface area contributed by atoms with E-state index in [9.17, 15) is 14.4 Å². The first kappa shape index (κ1) is 15.4. The molecule has 0 heterocycles. The number of nitrogens with one attached hydrogen (secondary N) is 1. The Kier molecular flexibility index (Phi) is 7.75. The summed E-state index contributed by atoms with van der Waals surface area (Å²) < 4.78 is 4.69. The molecule has 0 aromatic heterocycles. The number of ether oxygens (including phenoxy) is 1. The van der Waals surface area contributed by atoms with Crippen molar-refractivity contribution >= 4 is 17.8 Å². The second-order valence-corrected chi connectivity index (χ2v) is 3.81. The minimum atomic E-state index is -0.920. The maximum absolute atomic E-state index is 11.3. The quantitative estimate of drug-likeness (QED) is 0.609. The zero-order chi connectivity index (χ0) is 13.3. The zero-order valence-electron chi connectivity index (χ0n) is 10.2. The van der Waals surface area contributed by atoms with Gasteiger partial charge < -0.3 is 15.2 Å². The largest absolute Gasteiger partial charge is 0.481 e. The smallest absolute Gasteiger partial charge is 0.307 e. The van der Waals surface area contributed by atoms with Crippen LogP contribution < -0.4 is 5.32 Å². The van der Waals surface area contributed by atoms with Crippen LogP contribution in [0.15, 0.2) is 0 Å². The molecule has 98 valence electrons. The van der Waals surface area contributed by atoms with Crippen molar-refractivity contribution < 1.29 is 24.2 Å². The number of carbonyl (C=O) groups is 3. The molecule has 0 bridgehead atoms. The van der Waals surface area contributed by atoms with E-state index in [0.717, 1.165) is 0 Å². The summed E-state index contributed by atoms with van der Waals surface area (Å²) in [6.45, 7) is 3.95. The molecule has 1 amide bonds. The number of esters is 1. The van der Waals surface area contributed by atoms with Crippen LogP contribution in [-0.2, 0) is 19.1 Å². The van der Waals surface area contributed by atoms with Gasteiger partial charge in [0.05, 0.1) is 13.0 Å². The third kappa shape index (κ3) is 9.35. The molecule has 0 aliphatic carbocycles. The second kappa shape index (κ2) is 8.55. The number of carboxylic acid groups (broad SMARTS) is 1. The van der Waals surface area contributed by atoms with Crippen LogP contribution in [0, 0.1) is 5.92 Å². The molecule has 0 fully saturated rings. The van der Waals surface area contributed by atoms with Crippen molar-refractivity contribution in [3.05, 3.63) is 0 Å². The normalized spacial score (nSPS) is 11.6. The lowest BCUT2D eigenvalue weighted by molar-refractivity contribution is -0.143. The van der Waals surface area contributed by atoms with E-state index in [-0.39, 0.29) is 43.6 Å². The Hall–Kier alpha value is -1.59. The lowest BCUT2D eigenvalue weighted by atomic mass is 10.0. The van der Waals surface area contributed by atoms with E-state index in [0.29, 0.717) is 6.61 Å². The Bertz CT molecular complexity index is 277. The SMILES string of the molecule is CCOC(=O)CCNC(=O)CC(C)CC(=O)O. The minimum absolute atomic E-state index is 0.0364. The summed E-state index contributed by atoms with van der Waals surface area (Å²) in [5, 5.41) is 11.1. The van der Waals surface area contributed by atoms with Crippen LogP contribution >= 0.6 is 0 Å². The van der Waals surface area contributed by atoms with E-state index in [2.05, 4.69) is 10.1 Å². The average molecular weight is 245 g/mol. The van der Waals surface area contributed by atoms with Crippen LogP contribution in [0.5, 0.6) is 0 Å². The van der Waals surface area contributed by atoms with E-state index in [4.69, 9.17) is 5.11 Å². The van der Waals surface area contributed by atoms with Crippen molar-refractivity contribution in [2.24, 2.45) is 5.92 Å². The molecular weight excluding hydrogens is 226 g/mol. The highest BCUT2D eigenvalue weighted by Crippen LogP contribution is 2.06. The van der Waals surface area contributed by atoms with Gasteiger partial charge in [-0.3, -0.25) is 14.4 Å². The standard InChI is InChI=1S/C11H19NO5/c1-3-17-11(16)4-5-12-9(13)6-8(2)7-10(14)15/h8H,3-7H2,1-2H3,(H,12,13)(H,14,15). The highest BCUT2D eigenvalue weighted by atomic mass is 16.5. The molecule has 0 aliphatic heterocycles. The van der Waals surface area contributed by atoms with Crippen molar-refractivity contribution in [1.29, 1.82) is 0 Å². The van der Waals surface area contributed by atoms with Gasteiger partial charge in [-0.15, -0.1) is 0 Å². The number of carboxylic acids is 1. The summed E-state index contributed by atoms with van der Waals surface area (Å²) >= 11 is 0. The Balaban J connectivity index is 3.65. The van der Waals surface area contributed by atoms with Gasteiger partial charge in [0.1, 0.15) is 0 Å². The van der Waals surface area contributed by atoms with Gasteiger partial charge in [0.25, 0.3) is 0 Å². The molecule has 0 saturated carbocycles. The van der Waals surface area contributed by atoms with Gasteiger partial charge in [-0.05, 0) is 12.8 Å². The molecule has 0 aromatic rings. The summed E-state index contributed by atoms with van der Waals surface area (Å²) in [5.74, 6) is -1.73. The molecule has 0 radical (unpaired) electrons. The van der Waals surface area contributed by atoms with E-state index in [1.807, 2.05) is 0 Å². The molecule has 17 heavy (non-hydrogen) atoms. The fourth-order valence-corrected chi connectivity index (χ4v) is 1.30. The van der Waals surface area contributed by atoms with Crippen molar-refractivity contribution in [3.63, 3.8) is 0 Å². The van der Waals surface area contributed by atoms with E-state index in [1.165, 1.54) is 0 Å². The summed E-state index contributed by atoms with van der Waals surface area (Å²) in [7, 11) is 0. The molecule has 0 spiro atoms. The lowest BCUT2D eigenvalue weighted by Gasteiger charge is -2.09. The number of hydrogen-bond acceptors (Lipinski definition) is 4. The van der Waals surface area contributed by atoms with Crippen LogP contribution in [0.4, 0.5) is 0 Å². The van der Waals surface area contributed by atoms with Gasteiger partial charge in [-0.25, -0.2) is 0 Å². The number of aliphatic carboxylic acids is 1. The monoisotopic (exact) mass is 245 g/mol. The van der Waals surface area contributed by atoms with E-state index >= 15 is 0 Å². The van der Waals surface area contributed by atoms with Gasteiger partial charge in [0.15, 0.2) is 0 Å². The predicted octanol–water partition coefficient (Wildman–Crippen LogP) is 0.557. The maximum atomic E-state index is 11.3. The summed E-state index contributed by atoms with van der Waals surface area (Å²) in [6, 6.07) is 0. The maximum Gasteiger partial charge on any atom is 0.307 e.